The maximum atomic E-state index is 12.9. The molecule has 1 fully saturated rings. The third-order valence-electron chi connectivity index (χ3n) is 4.23. The predicted octanol–water partition coefficient (Wildman–Crippen LogP) is 2.96. The molecule has 116 valence electrons. The van der Waals surface area contributed by atoms with Crippen molar-refractivity contribution in [2.45, 2.75) is 12.8 Å². The fraction of sp³-hybridized carbons (Fsp3) is 0.412. The quantitative estimate of drug-likeness (QED) is 0.946. The normalized spacial score (nSPS) is 18.6. The van der Waals surface area contributed by atoms with Crippen molar-refractivity contribution in [1.82, 2.24) is 15.2 Å². The summed E-state index contributed by atoms with van der Waals surface area (Å²) in [5, 5.41) is 4.71. The van der Waals surface area contributed by atoms with Crippen LogP contribution in [0.4, 0.5) is 0 Å². The molecular weight excluding hydrogens is 298 g/mol. The molecule has 4 nitrogen and oxygen atoms in total. The summed E-state index contributed by atoms with van der Waals surface area (Å²) < 4.78 is 0. The first kappa shape index (κ1) is 15.3. The third-order valence-corrected chi connectivity index (χ3v) is 4.47. The van der Waals surface area contributed by atoms with Crippen LogP contribution in [0.15, 0.2) is 30.5 Å². The molecule has 1 aliphatic heterocycles. The molecule has 0 bridgehead atoms. The van der Waals surface area contributed by atoms with Crippen molar-refractivity contribution in [1.29, 1.82) is 0 Å². The summed E-state index contributed by atoms with van der Waals surface area (Å²) in [5.74, 6) is 0.626. The second-order valence-corrected chi connectivity index (χ2v) is 6.27. The zero-order chi connectivity index (χ0) is 15.5. The maximum absolute atomic E-state index is 12.9. The molecule has 1 aromatic carbocycles. The van der Waals surface area contributed by atoms with E-state index in [4.69, 9.17) is 11.6 Å². The number of carbonyl (C=O) groups excluding carboxylic acids is 1. The Balaban J connectivity index is 1.88. The Bertz CT molecular complexity index is 687. The molecule has 1 saturated heterocycles. The number of carbonyl (C=O) groups is 1. The van der Waals surface area contributed by atoms with E-state index >= 15 is 0 Å². The van der Waals surface area contributed by atoms with Gasteiger partial charge in [-0.2, -0.15) is 0 Å². The Hall–Kier alpha value is -1.65. The van der Waals surface area contributed by atoms with Crippen LogP contribution in [0.5, 0.6) is 0 Å². The summed E-state index contributed by atoms with van der Waals surface area (Å²) in [5.41, 5.74) is 1.48. The first-order chi connectivity index (χ1) is 10.7. The number of pyridine rings is 1. The largest absolute Gasteiger partial charge is 0.338 e. The van der Waals surface area contributed by atoms with Crippen molar-refractivity contribution in [3.63, 3.8) is 0 Å². The first-order valence-electron chi connectivity index (χ1n) is 7.67. The lowest BCUT2D eigenvalue weighted by Gasteiger charge is -2.33. The van der Waals surface area contributed by atoms with E-state index in [0.717, 1.165) is 37.0 Å². The molecule has 1 atom stereocenters. The average Bonchev–Trinajstić information content (AvgIpc) is 2.54. The van der Waals surface area contributed by atoms with Gasteiger partial charge in [-0.15, -0.1) is 0 Å². The van der Waals surface area contributed by atoms with Crippen molar-refractivity contribution in [2.75, 3.05) is 26.7 Å². The highest BCUT2D eigenvalue weighted by Gasteiger charge is 2.25. The van der Waals surface area contributed by atoms with E-state index in [0.29, 0.717) is 16.5 Å². The summed E-state index contributed by atoms with van der Waals surface area (Å²) in [4.78, 5) is 19.2. The molecule has 3 rings (SSSR count). The van der Waals surface area contributed by atoms with E-state index in [1.807, 2.05) is 24.1 Å². The minimum atomic E-state index is 0.0931. The van der Waals surface area contributed by atoms with Gasteiger partial charge in [0.05, 0.1) is 11.1 Å². The van der Waals surface area contributed by atoms with Gasteiger partial charge in [0.2, 0.25) is 0 Å². The number of halogens is 1. The Morgan fingerprint density at radius 3 is 3.14 bits per heavy atom. The number of fused-ring (bicyclic) bond motifs is 1. The van der Waals surface area contributed by atoms with Crippen LogP contribution in [0.3, 0.4) is 0 Å². The van der Waals surface area contributed by atoms with E-state index < -0.39 is 0 Å². The van der Waals surface area contributed by atoms with Gasteiger partial charge in [0, 0.05) is 29.7 Å². The van der Waals surface area contributed by atoms with E-state index in [2.05, 4.69) is 10.3 Å². The van der Waals surface area contributed by atoms with E-state index in [-0.39, 0.29) is 5.91 Å². The van der Waals surface area contributed by atoms with Gasteiger partial charge in [-0.3, -0.25) is 9.78 Å². The van der Waals surface area contributed by atoms with Crippen molar-refractivity contribution in [3.05, 3.63) is 41.0 Å². The Morgan fingerprint density at radius 1 is 1.45 bits per heavy atom. The number of aromatic nitrogens is 1. The molecule has 0 radical (unpaired) electrons. The van der Waals surface area contributed by atoms with Crippen LogP contribution in [0.1, 0.15) is 23.2 Å². The van der Waals surface area contributed by atoms with Crippen molar-refractivity contribution in [2.24, 2.45) is 5.92 Å². The van der Waals surface area contributed by atoms with Gasteiger partial charge < -0.3 is 10.2 Å². The molecule has 1 amide bonds. The van der Waals surface area contributed by atoms with Crippen molar-refractivity contribution in [3.8, 4) is 0 Å². The van der Waals surface area contributed by atoms with Gasteiger partial charge in [-0.25, -0.2) is 0 Å². The minimum Gasteiger partial charge on any atom is -0.338 e. The molecule has 0 spiro atoms. The highest BCUT2D eigenvalue weighted by Crippen LogP contribution is 2.24. The van der Waals surface area contributed by atoms with Gasteiger partial charge in [0.15, 0.2) is 0 Å². The van der Waals surface area contributed by atoms with Crippen LogP contribution in [0.25, 0.3) is 10.9 Å². The monoisotopic (exact) mass is 317 g/mol. The highest BCUT2D eigenvalue weighted by atomic mass is 35.5. The smallest absolute Gasteiger partial charge is 0.254 e. The summed E-state index contributed by atoms with van der Waals surface area (Å²) in [6, 6.07) is 7.29. The van der Waals surface area contributed by atoms with Crippen LogP contribution in [-0.2, 0) is 0 Å². The number of hydrogen-bond acceptors (Lipinski definition) is 3. The highest BCUT2D eigenvalue weighted by molar-refractivity contribution is 6.31. The number of piperidine rings is 1. The van der Waals surface area contributed by atoms with Gasteiger partial charge in [-0.1, -0.05) is 17.7 Å². The van der Waals surface area contributed by atoms with Gasteiger partial charge in [0.1, 0.15) is 0 Å². The summed E-state index contributed by atoms with van der Waals surface area (Å²) >= 11 is 6.01. The molecule has 0 aliphatic carbocycles. The molecule has 0 saturated carbocycles. The Kier molecular flexibility index (Phi) is 4.60. The van der Waals surface area contributed by atoms with Crippen LogP contribution in [0.2, 0.25) is 5.02 Å². The first-order valence-corrected chi connectivity index (χ1v) is 8.05. The second kappa shape index (κ2) is 6.63. The van der Waals surface area contributed by atoms with E-state index in [1.54, 1.807) is 18.3 Å². The molecule has 2 aromatic rings. The topological polar surface area (TPSA) is 45.2 Å². The second-order valence-electron chi connectivity index (χ2n) is 5.84. The lowest BCUT2D eigenvalue weighted by Crippen LogP contribution is -2.42. The van der Waals surface area contributed by atoms with Gasteiger partial charge in [0.25, 0.3) is 5.91 Å². The number of benzene rings is 1. The fourth-order valence-electron chi connectivity index (χ4n) is 3.18. The van der Waals surface area contributed by atoms with Gasteiger partial charge >= 0.3 is 0 Å². The minimum absolute atomic E-state index is 0.0931. The zero-order valence-electron chi connectivity index (χ0n) is 12.7. The maximum Gasteiger partial charge on any atom is 0.254 e. The van der Waals surface area contributed by atoms with Gasteiger partial charge in [-0.05, 0) is 50.6 Å². The molecule has 1 aliphatic rings. The molecule has 1 unspecified atom stereocenters. The number of hydrogen-bond donors (Lipinski definition) is 1. The summed E-state index contributed by atoms with van der Waals surface area (Å²) in [7, 11) is 1.96. The third kappa shape index (κ3) is 3.08. The molecule has 1 aromatic heterocycles. The molecule has 2 heterocycles. The molecular formula is C17H20ClN3O. The SMILES string of the molecule is CNCC1CCCN(C(=O)c2ccnc3cc(Cl)ccc23)C1. The number of nitrogens with zero attached hydrogens (tertiary/aromatic N) is 2. The van der Waals surface area contributed by atoms with Crippen molar-refractivity contribution >= 4 is 28.4 Å². The van der Waals surface area contributed by atoms with E-state index in [1.165, 1.54) is 6.42 Å². The molecule has 1 N–H and O–H groups in total. The van der Waals surface area contributed by atoms with E-state index in [9.17, 15) is 4.79 Å². The van der Waals surface area contributed by atoms with Crippen LogP contribution < -0.4 is 5.32 Å². The Labute approximate surface area is 135 Å². The predicted molar refractivity (Wildman–Crippen MR) is 89.3 cm³/mol. The lowest BCUT2D eigenvalue weighted by molar-refractivity contribution is 0.0676. The standard InChI is InChI=1S/C17H20ClN3O/c1-19-10-12-3-2-8-21(11-12)17(22)15-6-7-20-16-9-13(18)4-5-14(15)16/h4-7,9,12,19H,2-3,8,10-11H2,1H3. The molecule has 22 heavy (non-hydrogen) atoms. The number of nitrogens with one attached hydrogen (secondary N) is 1. The zero-order valence-corrected chi connectivity index (χ0v) is 13.4. The summed E-state index contributed by atoms with van der Waals surface area (Å²) in [6.45, 7) is 2.60. The number of likely N-dealkylation sites (tertiary alicyclic amines) is 1. The van der Waals surface area contributed by atoms with Crippen molar-refractivity contribution < 1.29 is 4.79 Å². The fourth-order valence-corrected chi connectivity index (χ4v) is 3.35. The summed E-state index contributed by atoms with van der Waals surface area (Å²) in [6.07, 6.45) is 3.92. The van der Waals surface area contributed by atoms with Crippen LogP contribution in [0, 0.1) is 5.92 Å². The average molecular weight is 318 g/mol. The number of amides is 1. The van der Waals surface area contributed by atoms with Crippen LogP contribution >= 0.6 is 11.6 Å². The molecule has 5 heteroatoms. The Morgan fingerprint density at radius 2 is 2.32 bits per heavy atom. The number of rotatable bonds is 3. The van der Waals surface area contributed by atoms with Crippen LogP contribution in [-0.4, -0.2) is 42.5 Å². The lowest BCUT2D eigenvalue weighted by atomic mass is 9.97.